The molecule has 0 radical (unpaired) electrons. The van der Waals surface area contributed by atoms with E-state index in [2.05, 4.69) is 22.2 Å². The number of nitrogens with one attached hydrogen (secondary N) is 1. The number of rotatable bonds is 6. The summed E-state index contributed by atoms with van der Waals surface area (Å²) in [4.78, 5) is 7.98. The van der Waals surface area contributed by atoms with E-state index >= 15 is 0 Å². The van der Waals surface area contributed by atoms with Crippen LogP contribution < -0.4 is 5.32 Å². The maximum absolute atomic E-state index is 5.14. The molecule has 1 aromatic heterocycles. The van der Waals surface area contributed by atoms with Crippen molar-refractivity contribution in [3.63, 3.8) is 0 Å². The highest BCUT2D eigenvalue weighted by Crippen LogP contribution is 2.09. The summed E-state index contributed by atoms with van der Waals surface area (Å²) in [6.07, 6.45) is 6.28. The van der Waals surface area contributed by atoms with Crippen LogP contribution in [0.3, 0.4) is 0 Å². The molecule has 0 aliphatic rings. The van der Waals surface area contributed by atoms with E-state index < -0.39 is 0 Å². The third-order valence-corrected chi connectivity index (χ3v) is 1.96. The zero-order valence-corrected chi connectivity index (χ0v) is 8.73. The molecule has 4 heteroatoms. The Labute approximate surface area is 84.7 Å². The zero-order valence-electron chi connectivity index (χ0n) is 8.73. The van der Waals surface area contributed by atoms with Crippen molar-refractivity contribution in [2.24, 2.45) is 0 Å². The highest BCUT2D eigenvalue weighted by molar-refractivity contribution is 5.09. The van der Waals surface area contributed by atoms with Crippen molar-refractivity contribution in [3.05, 3.63) is 24.3 Å². The van der Waals surface area contributed by atoms with Gasteiger partial charge in [0.25, 0.3) is 0 Å². The van der Waals surface area contributed by atoms with Gasteiger partial charge in [-0.1, -0.05) is 6.92 Å². The highest BCUT2D eigenvalue weighted by atomic mass is 16.5. The lowest BCUT2D eigenvalue weighted by Gasteiger charge is -2.16. The molecule has 0 fully saturated rings. The third-order valence-electron chi connectivity index (χ3n) is 1.96. The van der Waals surface area contributed by atoms with Gasteiger partial charge >= 0.3 is 0 Å². The molecule has 0 aromatic carbocycles. The van der Waals surface area contributed by atoms with Crippen LogP contribution in [0.4, 0.5) is 0 Å². The molecule has 0 spiro atoms. The van der Waals surface area contributed by atoms with Gasteiger partial charge in [-0.2, -0.15) is 0 Å². The number of hydrogen-bond acceptors (Lipinski definition) is 4. The number of ether oxygens (including phenoxy) is 1. The minimum atomic E-state index is 0.196. The average molecular weight is 195 g/mol. The van der Waals surface area contributed by atoms with Crippen LogP contribution >= 0.6 is 0 Å². The van der Waals surface area contributed by atoms with Gasteiger partial charge in [0.1, 0.15) is 6.33 Å². The summed E-state index contributed by atoms with van der Waals surface area (Å²) >= 11 is 0. The standard InChI is InChI=1S/C10H17N3O/c1-3-4-13-10(7-14-2)9-5-11-8-12-6-9/h5-6,8,10,13H,3-4,7H2,1-2H3. The lowest BCUT2D eigenvalue weighted by molar-refractivity contribution is 0.167. The fourth-order valence-corrected chi connectivity index (χ4v) is 1.25. The van der Waals surface area contributed by atoms with Crippen LogP contribution in [0.5, 0.6) is 0 Å². The quantitative estimate of drug-likeness (QED) is 0.740. The van der Waals surface area contributed by atoms with Crippen molar-refractivity contribution in [3.8, 4) is 0 Å². The summed E-state index contributed by atoms with van der Waals surface area (Å²) in [5.74, 6) is 0. The van der Waals surface area contributed by atoms with Crippen LogP contribution in [0.15, 0.2) is 18.7 Å². The molecule has 14 heavy (non-hydrogen) atoms. The van der Waals surface area contributed by atoms with Crippen LogP contribution in [0, 0.1) is 0 Å². The molecule has 4 nitrogen and oxygen atoms in total. The molecule has 1 aromatic rings. The van der Waals surface area contributed by atoms with E-state index in [1.54, 1.807) is 7.11 Å². The van der Waals surface area contributed by atoms with E-state index in [4.69, 9.17) is 4.74 Å². The van der Waals surface area contributed by atoms with Gasteiger partial charge in [0, 0.05) is 25.1 Å². The second-order valence-corrected chi connectivity index (χ2v) is 3.13. The van der Waals surface area contributed by atoms with Gasteiger partial charge < -0.3 is 10.1 Å². The van der Waals surface area contributed by atoms with E-state index in [0.717, 1.165) is 18.5 Å². The van der Waals surface area contributed by atoms with Gasteiger partial charge in [0.05, 0.1) is 12.6 Å². The summed E-state index contributed by atoms with van der Waals surface area (Å²) in [6.45, 7) is 3.76. The minimum absolute atomic E-state index is 0.196. The Hall–Kier alpha value is -1.00. The van der Waals surface area contributed by atoms with E-state index in [9.17, 15) is 0 Å². The summed E-state index contributed by atoms with van der Waals surface area (Å²) in [7, 11) is 1.70. The van der Waals surface area contributed by atoms with Gasteiger partial charge in [0.15, 0.2) is 0 Å². The van der Waals surface area contributed by atoms with E-state index in [1.165, 1.54) is 6.33 Å². The molecule has 78 valence electrons. The third kappa shape index (κ3) is 3.40. The van der Waals surface area contributed by atoms with Gasteiger partial charge in [0.2, 0.25) is 0 Å². The summed E-state index contributed by atoms with van der Waals surface area (Å²) in [6, 6.07) is 0.196. The predicted molar refractivity (Wildman–Crippen MR) is 54.9 cm³/mol. The van der Waals surface area contributed by atoms with E-state index in [-0.39, 0.29) is 6.04 Å². The SMILES string of the molecule is CCCNC(COC)c1cncnc1. The molecule has 0 saturated carbocycles. The molecule has 1 heterocycles. The normalized spacial score (nSPS) is 12.7. The summed E-state index contributed by atoms with van der Waals surface area (Å²) < 4.78 is 5.14. The average Bonchev–Trinajstić information content (AvgIpc) is 2.25. The largest absolute Gasteiger partial charge is 0.383 e. The Balaban J connectivity index is 2.58. The molecule has 1 N–H and O–H groups in total. The molecular formula is C10H17N3O. The second kappa shape index (κ2) is 6.45. The Morgan fingerprint density at radius 2 is 2.14 bits per heavy atom. The second-order valence-electron chi connectivity index (χ2n) is 3.13. The lowest BCUT2D eigenvalue weighted by atomic mass is 10.1. The number of hydrogen-bond donors (Lipinski definition) is 1. The Bertz CT molecular complexity index is 240. The topological polar surface area (TPSA) is 47.0 Å². The molecule has 1 atom stereocenters. The van der Waals surface area contributed by atoms with Crippen molar-refractivity contribution in [2.45, 2.75) is 19.4 Å². The lowest BCUT2D eigenvalue weighted by Crippen LogP contribution is -2.26. The molecule has 1 rings (SSSR count). The van der Waals surface area contributed by atoms with Gasteiger partial charge in [-0.15, -0.1) is 0 Å². The molecular weight excluding hydrogens is 178 g/mol. The first-order valence-corrected chi connectivity index (χ1v) is 4.85. The molecule has 0 amide bonds. The fraction of sp³-hybridized carbons (Fsp3) is 0.600. The van der Waals surface area contributed by atoms with E-state index in [1.807, 2.05) is 12.4 Å². The minimum Gasteiger partial charge on any atom is -0.383 e. The number of aromatic nitrogens is 2. The molecule has 1 unspecified atom stereocenters. The maximum Gasteiger partial charge on any atom is 0.115 e. The van der Waals surface area contributed by atoms with Crippen molar-refractivity contribution in [1.82, 2.24) is 15.3 Å². The molecule has 0 bridgehead atoms. The maximum atomic E-state index is 5.14. The number of nitrogens with zero attached hydrogens (tertiary/aromatic N) is 2. The Morgan fingerprint density at radius 3 is 2.71 bits per heavy atom. The zero-order chi connectivity index (χ0) is 10.2. The first-order chi connectivity index (χ1) is 6.88. The van der Waals surface area contributed by atoms with Gasteiger partial charge in [-0.3, -0.25) is 0 Å². The van der Waals surface area contributed by atoms with Crippen LogP contribution in [0.2, 0.25) is 0 Å². The van der Waals surface area contributed by atoms with Crippen LogP contribution in [0.1, 0.15) is 24.9 Å². The monoisotopic (exact) mass is 195 g/mol. The summed E-state index contributed by atoms with van der Waals surface area (Å²) in [5, 5.41) is 3.38. The van der Waals surface area contributed by atoms with Crippen LogP contribution in [-0.4, -0.2) is 30.2 Å². The molecule has 0 saturated heterocycles. The first kappa shape index (κ1) is 11.1. The van der Waals surface area contributed by atoms with Crippen molar-refractivity contribution < 1.29 is 4.74 Å². The number of methoxy groups -OCH3 is 1. The van der Waals surface area contributed by atoms with E-state index in [0.29, 0.717) is 6.61 Å². The molecule has 0 aliphatic carbocycles. The van der Waals surface area contributed by atoms with Crippen LogP contribution in [-0.2, 0) is 4.74 Å². The summed E-state index contributed by atoms with van der Waals surface area (Å²) in [5.41, 5.74) is 1.07. The van der Waals surface area contributed by atoms with Gasteiger partial charge in [-0.25, -0.2) is 9.97 Å². The van der Waals surface area contributed by atoms with Crippen LogP contribution in [0.25, 0.3) is 0 Å². The highest BCUT2D eigenvalue weighted by Gasteiger charge is 2.09. The Morgan fingerprint density at radius 1 is 1.43 bits per heavy atom. The molecule has 0 aliphatic heterocycles. The van der Waals surface area contributed by atoms with Crippen molar-refractivity contribution >= 4 is 0 Å². The van der Waals surface area contributed by atoms with Gasteiger partial charge in [-0.05, 0) is 13.0 Å². The van der Waals surface area contributed by atoms with Crippen molar-refractivity contribution in [2.75, 3.05) is 20.3 Å². The Kier molecular flexibility index (Phi) is 5.11. The predicted octanol–water partition coefficient (Wildman–Crippen LogP) is 1.16. The first-order valence-electron chi connectivity index (χ1n) is 4.85. The van der Waals surface area contributed by atoms with Crippen molar-refractivity contribution in [1.29, 1.82) is 0 Å². The fourth-order valence-electron chi connectivity index (χ4n) is 1.25. The smallest absolute Gasteiger partial charge is 0.115 e.